The highest BCUT2D eigenvalue weighted by Crippen LogP contribution is 2.35. The van der Waals surface area contributed by atoms with Crippen LogP contribution in [0.4, 0.5) is 34.9 Å². The van der Waals surface area contributed by atoms with Crippen molar-refractivity contribution in [3.63, 3.8) is 0 Å². The van der Waals surface area contributed by atoms with Gasteiger partial charge in [0.1, 0.15) is 12.4 Å². The molecule has 37 heavy (non-hydrogen) atoms. The summed E-state index contributed by atoms with van der Waals surface area (Å²) in [6, 6.07) is 1.56. The Morgan fingerprint density at radius 3 is 2.65 bits per heavy atom. The van der Waals surface area contributed by atoms with Gasteiger partial charge in [-0.25, -0.2) is 9.97 Å². The van der Waals surface area contributed by atoms with Crippen molar-refractivity contribution < 1.29 is 27.2 Å². The number of likely N-dealkylation sites (tertiary alicyclic amines) is 1. The van der Waals surface area contributed by atoms with Gasteiger partial charge in [-0.1, -0.05) is 11.6 Å². The molecule has 1 aromatic carbocycles. The van der Waals surface area contributed by atoms with E-state index in [1.165, 1.54) is 13.1 Å². The Morgan fingerprint density at radius 1 is 1.19 bits per heavy atom. The topological polar surface area (TPSA) is 116 Å². The number of carbonyl (C=O) groups is 2. The van der Waals surface area contributed by atoms with Crippen molar-refractivity contribution in [2.45, 2.75) is 37.5 Å². The number of hydrogen-bond donors (Lipinski definition) is 3. The van der Waals surface area contributed by atoms with E-state index in [9.17, 15) is 27.2 Å². The van der Waals surface area contributed by atoms with Gasteiger partial charge >= 0.3 is 6.18 Å². The van der Waals surface area contributed by atoms with E-state index < -0.39 is 35.6 Å². The third kappa shape index (κ3) is 5.65. The van der Waals surface area contributed by atoms with Gasteiger partial charge in [-0.15, -0.1) is 0 Å². The zero-order valence-corrected chi connectivity index (χ0v) is 20.6. The summed E-state index contributed by atoms with van der Waals surface area (Å²) in [6.45, 7) is 0.745. The van der Waals surface area contributed by atoms with Crippen LogP contribution in [0.3, 0.4) is 0 Å². The fraction of sp³-hybridized carbons (Fsp3) is 0.478. The molecule has 4 N–H and O–H groups in total. The molecule has 1 unspecified atom stereocenters. The van der Waals surface area contributed by atoms with Gasteiger partial charge in [-0.05, 0) is 37.5 Å². The molecule has 14 heteroatoms. The van der Waals surface area contributed by atoms with Crippen LogP contribution in [-0.4, -0.2) is 65.4 Å². The van der Waals surface area contributed by atoms with Crippen LogP contribution in [0, 0.1) is 11.7 Å². The fourth-order valence-corrected chi connectivity index (χ4v) is 5.16. The zero-order chi connectivity index (χ0) is 26.9. The number of halogens is 5. The summed E-state index contributed by atoms with van der Waals surface area (Å²) in [5.74, 6) is -2.33. The Morgan fingerprint density at radius 2 is 1.95 bits per heavy atom. The molecule has 2 amide bonds. The summed E-state index contributed by atoms with van der Waals surface area (Å²) in [4.78, 5) is 37.1. The molecule has 2 aliphatic heterocycles. The predicted octanol–water partition coefficient (Wildman–Crippen LogP) is 2.91. The van der Waals surface area contributed by atoms with Gasteiger partial charge in [0, 0.05) is 37.4 Å². The Hall–Kier alpha value is -3.35. The number of piperidine rings is 2. The molecule has 3 atom stereocenters. The van der Waals surface area contributed by atoms with E-state index in [1.54, 1.807) is 9.80 Å². The molecule has 0 saturated carbocycles. The number of hydrogen-bond acceptors (Lipinski definition) is 7. The van der Waals surface area contributed by atoms with Gasteiger partial charge < -0.3 is 26.2 Å². The quantitative estimate of drug-likeness (QED) is 0.497. The summed E-state index contributed by atoms with van der Waals surface area (Å²) in [6.07, 6.45) is -2.22. The van der Waals surface area contributed by atoms with Gasteiger partial charge in [-0.2, -0.15) is 17.6 Å². The Kier molecular flexibility index (Phi) is 7.62. The molecule has 3 heterocycles. The molecule has 9 nitrogen and oxygen atoms in total. The molecule has 200 valence electrons. The van der Waals surface area contributed by atoms with E-state index in [-0.39, 0.29) is 40.7 Å². The third-order valence-corrected chi connectivity index (χ3v) is 6.92. The van der Waals surface area contributed by atoms with Crippen molar-refractivity contribution in [3.05, 3.63) is 40.9 Å². The molecule has 0 spiro atoms. The first-order valence-electron chi connectivity index (χ1n) is 11.7. The third-order valence-electron chi connectivity index (χ3n) is 6.70. The number of nitrogens with two attached hydrogens (primary N) is 1. The fourth-order valence-electron chi connectivity index (χ4n) is 4.93. The van der Waals surface area contributed by atoms with E-state index in [4.69, 9.17) is 17.3 Å². The number of benzene rings is 1. The molecule has 1 aromatic heterocycles. The number of anilines is 3. The van der Waals surface area contributed by atoms with Gasteiger partial charge in [0.2, 0.25) is 17.6 Å². The number of nitrogens with one attached hydrogen (secondary N) is 2. The highest BCUT2D eigenvalue weighted by Gasteiger charge is 2.43. The largest absolute Gasteiger partial charge is 0.416 e. The van der Waals surface area contributed by atoms with E-state index in [0.29, 0.717) is 32.4 Å². The molecule has 2 saturated heterocycles. The van der Waals surface area contributed by atoms with Gasteiger partial charge in [0.15, 0.2) is 11.6 Å². The number of aromatic nitrogens is 2. The first kappa shape index (κ1) is 26.7. The predicted molar refractivity (Wildman–Crippen MR) is 129 cm³/mol. The molecular weight excluding hydrogens is 518 g/mol. The number of nitrogen functional groups attached to an aromatic ring is 1. The first-order chi connectivity index (χ1) is 17.5. The van der Waals surface area contributed by atoms with Crippen molar-refractivity contribution in [2.75, 3.05) is 42.6 Å². The van der Waals surface area contributed by atoms with Gasteiger partial charge in [-0.3, -0.25) is 9.59 Å². The van der Waals surface area contributed by atoms with Crippen LogP contribution < -0.4 is 21.3 Å². The molecule has 4 rings (SSSR count). The summed E-state index contributed by atoms with van der Waals surface area (Å²) < 4.78 is 54.4. The number of alkyl halides is 3. The van der Waals surface area contributed by atoms with E-state index in [1.807, 2.05) is 0 Å². The summed E-state index contributed by atoms with van der Waals surface area (Å²) in [5.41, 5.74) is 4.72. The van der Waals surface area contributed by atoms with Crippen molar-refractivity contribution in [2.24, 2.45) is 5.92 Å². The average molecular weight is 544 g/mol. The van der Waals surface area contributed by atoms with Crippen molar-refractivity contribution in [1.82, 2.24) is 20.2 Å². The van der Waals surface area contributed by atoms with Crippen molar-refractivity contribution in [1.29, 1.82) is 0 Å². The maximum absolute atomic E-state index is 14.7. The second kappa shape index (κ2) is 10.6. The molecule has 2 fully saturated rings. The highest BCUT2D eigenvalue weighted by molar-refractivity contribution is 6.31. The van der Waals surface area contributed by atoms with Crippen LogP contribution in [0.2, 0.25) is 5.02 Å². The minimum Gasteiger partial charge on any atom is -0.381 e. The molecule has 0 bridgehead atoms. The first-order valence-corrected chi connectivity index (χ1v) is 12.0. The zero-order valence-electron chi connectivity index (χ0n) is 19.9. The molecule has 0 aliphatic carbocycles. The molecule has 2 aromatic rings. The maximum Gasteiger partial charge on any atom is 0.416 e. The SMILES string of the molecule is CNC(=O)[C@H]1CCN(c2ncnc(N)c2F)C[C@@H]1N1CCCC(Nc2cc(Cl)cc(C(F)(F)F)c2)C1=O. The second-order valence-corrected chi connectivity index (χ2v) is 9.45. The highest BCUT2D eigenvalue weighted by atomic mass is 35.5. The van der Waals surface area contributed by atoms with E-state index in [2.05, 4.69) is 20.6 Å². The Bertz CT molecular complexity index is 1180. The van der Waals surface area contributed by atoms with Crippen molar-refractivity contribution >= 4 is 40.7 Å². The second-order valence-electron chi connectivity index (χ2n) is 9.02. The number of rotatable bonds is 5. The maximum atomic E-state index is 14.7. The standard InChI is InChI=1S/C23H26ClF4N7O2/c1-30-21(36)15-4-6-34(20-18(25)19(29)31-11-32-20)10-17(15)35-5-2-3-16(22(35)37)33-14-8-12(23(26,27)28)7-13(24)9-14/h7-9,11,15-17,33H,2-6,10H2,1H3,(H,30,36)(H2,29,31,32)/t15-,16?,17-/m0/s1. The number of amides is 2. The normalized spacial score (nSPS) is 22.6. The van der Waals surface area contributed by atoms with E-state index in [0.717, 1.165) is 18.5 Å². The molecule has 2 aliphatic rings. The van der Waals surface area contributed by atoms with Crippen LogP contribution in [-0.2, 0) is 15.8 Å². The lowest BCUT2D eigenvalue weighted by atomic mass is 9.87. The minimum atomic E-state index is -4.60. The van der Waals surface area contributed by atoms with Gasteiger partial charge in [0.05, 0.1) is 17.5 Å². The van der Waals surface area contributed by atoms with Crippen molar-refractivity contribution in [3.8, 4) is 0 Å². The average Bonchev–Trinajstić information content (AvgIpc) is 2.85. The van der Waals surface area contributed by atoms with Crippen LogP contribution in [0.5, 0.6) is 0 Å². The summed E-state index contributed by atoms with van der Waals surface area (Å²) in [7, 11) is 1.50. The number of carbonyl (C=O) groups excluding carboxylic acids is 2. The van der Waals surface area contributed by atoms with Crippen LogP contribution in [0.15, 0.2) is 24.5 Å². The minimum absolute atomic E-state index is 0.0226. The lowest BCUT2D eigenvalue weighted by Gasteiger charge is -2.46. The Balaban J connectivity index is 1.59. The van der Waals surface area contributed by atoms with E-state index >= 15 is 0 Å². The Labute approximate surface area is 215 Å². The number of nitrogens with zero attached hydrogens (tertiary/aromatic N) is 4. The molecular formula is C23H26ClF4N7O2. The van der Waals surface area contributed by atoms with Crippen LogP contribution in [0.1, 0.15) is 24.8 Å². The lowest BCUT2D eigenvalue weighted by Crippen LogP contribution is -2.61. The van der Waals surface area contributed by atoms with Gasteiger partial charge in [0.25, 0.3) is 0 Å². The summed E-state index contributed by atoms with van der Waals surface area (Å²) in [5, 5.41) is 5.38. The lowest BCUT2D eigenvalue weighted by molar-refractivity contribution is -0.140. The molecule has 0 radical (unpaired) electrons. The summed E-state index contributed by atoms with van der Waals surface area (Å²) >= 11 is 5.89. The monoisotopic (exact) mass is 543 g/mol. The smallest absolute Gasteiger partial charge is 0.381 e. The van der Waals surface area contributed by atoms with Crippen LogP contribution >= 0.6 is 11.6 Å². The van der Waals surface area contributed by atoms with Crippen LogP contribution in [0.25, 0.3) is 0 Å².